The average molecular weight is 398 g/mol. The van der Waals surface area contributed by atoms with Crippen LogP contribution < -0.4 is 5.32 Å². The Bertz CT molecular complexity index is 1190. The first kappa shape index (κ1) is 18.1. The second kappa shape index (κ2) is 7.06. The molecule has 0 amide bonds. The Morgan fingerprint density at radius 2 is 1.96 bits per heavy atom. The van der Waals surface area contributed by atoms with Crippen LogP contribution in [0.1, 0.15) is 17.4 Å². The van der Waals surface area contributed by atoms with Crippen molar-refractivity contribution in [3.05, 3.63) is 74.9 Å². The fraction of sp³-hybridized carbons (Fsp3) is 0.158. The number of hydrogen-bond acceptors (Lipinski definition) is 6. The molecule has 0 saturated heterocycles. The lowest BCUT2D eigenvalue weighted by Crippen LogP contribution is -2.14. The first-order valence-electron chi connectivity index (χ1n) is 8.55. The fourth-order valence-electron chi connectivity index (χ4n) is 3.05. The normalized spacial score (nSPS) is 12.4. The molecule has 0 spiro atoms. The molecule has 0 saturated carbocycles. The van der Waals surface area contributed by atoms with Crippen molar-refractivity contribution in [2.45, 2.75) is 13.0 Å². The third-order valence-electron chi connectivity index (χ3n) is 4.52. The highest BCUT2D eigenvalue weighted by atomic mass is 35.5. The number of anilines is 1. The Kier molecular flexibility index (Phi) is 4.58. The van der Waals surface area contributed by atoms with Gasteiger partial charge in [0, 0.05) is 24.1 Å². The maximum atomic E-state index is 10.8. The van der Waals surface area contributed by atoms with Gasteiger partial charge in [-0.1, -0.05) is 23.7 Å². The van der Waals surface area contributed by atoms with E-state index < -0.39 is 11.0 Å². The first-order valence-corrected chi connectivity index (χ1v) is 8.93. The molecule has 9 heteroatoms. The SMILES string of the molecule is Cc1nn2c(nc(NC[C@H](O)c3ccc([N+](=O)[O-])cc3)c3ccccc32)c1Cl. The van der Waals surface area contributed by atoms with Gasteiger partial charge in [-0.2, -0.15) is 5.10 Å². The topological polar surface area (TPSA) is 106 Å². The van der Waals surface area contributed by atoms with Crippen molar-refractivity contribution in [2.75, 3.05) is 11.9 Å². The number of nitrogens with one attached hydrogen (secondary N) is 1. The van der Waals surface area contributed by atoms with Crippen LogP contribution in [0, 0.1) is 17.0 Å². The predicted octanol–water partition coefficient (Wildman–Crippen LogP) is 3.90. The zero-order valence-corrected chi connectivity index (χ0v) is 15.6. The van der Waals surface area contributed by atoms with Crippen LogP contribution in [0.15, 0.2) is 48.5 Å². The van der Waals surface area contributed by atoms with Gasteiger partial charge in [0.2, 0.25) is 0 Å². The Balaban J connectivity index is 1.65. The molecule has 2 aromatic carbocycles. The number of halogens is 1. The van der Waals surface area contributed by atoms with E-state index in [-0.39, 0.29) is 12.2 Å². The standard InChI is InChI=1S/C19H16ClN5O3/c1-11-17(20)19-22-18(14-4-2-3-5-15(14)24(19)23-11)21-10-16(26)12-6-8-13(9-7-12)25(27)28/h2-9,16,26H,10H2,1H3,(H,21,22)/t16-/m0/s1. The fourth-order valence-corrected chi connectivity index (χ4v) is 3.21. The Morgan fingerprint density at radius 1 is 1.25 bits per heavy atom. The third-order valence-corrected chi connectivity index (χ3v) is 4.96. The lowest BCUT2D eigenvalue weighted by Gasteiger charge is -2.14. The summed E-state index contributed by atoms with van der Waals surface area (Å²) >= 11 is 6.33. The Hall–Kier alpha value is -3.23. The highest BCUT2D eigenvalue weighted by Crippen LogP contribution is 2.28. The molecule has 0 bridgehead atoms. The van der Waals surface area contributed by atoms with Crippen LogP contribution in [0.3, 0.4) is 0 Å². The number of aliphatic hydroxyl groups is 1. The van der Waals surface area contributed by atoms with E-state index in [0.717, 1.165) is 10.9 Å². The minimum atomic E-state index is -0.861. The second-order valence-electron chi connectivity index (χ2n) is 6.36. The van der Waals surface area contributed by atoms with Gasteiger partial charge in [-0.25, -0.2) is 9.50 Å². The van der Waals surface area contributed by atoms with Crippen LogP contribution in [0.5, 0.6) is 0 Å². The zero-order valence-electron chi connectivity index (χ0n) is 14.8. The maximum absolute atomic E-state index is 10.8. The monoisotopic (exact) mass is 397 g/mol. The van der Waals surface area contributed by atoms with E-state index in [1.54, 1.807) is 4.52 Å². The minimum Gasteiger partial charge on any atom is -0.387 e. The maximum Gasteiger partial charge on any atom is 0.269 e. The number of aliphatic hydroxyl groups excluding tert-OH is 1. The molecule has 0 aliphatic heterocycles. The number of rotatable bonds is 5. The summed E-state index contributed by atoms with van der Waals surface area (Å²) in [6, 6.07) is 13.4. The van der Waals surface area contributed by atoms with Crippen LogP contribution in [0.25, 0.3) is 16.6 Å². The highest BCUT2D eigenvalue weighted by Gasteiger charge is 2.16. The molecule has 8 nitrogen and oxygen atoms in total. The predicted molar refractivity (Wildman–Crippen MR) is 107 cm³/mol. The van der Waals surface area contributed by atoms with Gasteiger partial charge in [0.25, 0.3) is 5.69 Å². The molecule has 0 aliphatic rings. The summed E-state index contributed by atoms with van der Waals surface area (Å²) in [6.45, 7) is 1.99. The summed E-state index contributed by atoms with van der Waals surface area (Å²) in [4.78, 5) is 14.9. The van der Waals surface area contributed by atoms with Crippen molar-refractivity contribution in [1.82, 2.24) is 14.6 Å². The number of nitrogens with zero attached hydrogens (tertiary/aromatic N) is 4. The summed E-state index contributed by atoms with van der Waals surface area (Å²) in [5.41, 5.74) is 2.61. The molecule has 2 N–H and O–H groups in total. The van der Waals surface area contributed by atoms with Gasteiger partial charge in [-0.3, -0.25) is 10.1 Å². The van der Waals surface area contributed by atoms with E-state index >= 15 is 0 Å². The van der Waals surface area contributed by atoms with Crippen LogP contribution >= 0.6 is 11.6 Å². The Morgan fingerprint density at radius 3 is 2.68 bits per heavy atom. The molecule has 0 fully saturated rings. The van der Waals surface area contributed by atoms with Gasteiger partial charge in [0.1, 0.15) is 10.8 Å². The van der Waals surface area contributed by atoms with E-state index in [2.05, 4.69) is 15.4 Å². The quantitative estimate of drug-likeness (QED) is 0.391. The van der Waals surface area contributed by atoms with Crippen LogP contribution in [-0.2, 0) is 0 Å². The Labute approximate surface area is 164 Å². The molecule has 2 heterocycles. The number of para-hydroxylation sites is 1. The van der Waals surface area contributed by atoms with E-state index in [1.165, 1.54) is 24.3 Å². The number of nitro benzene ring substituents is 1. The molecular formula is C19H16ClN5O3. The van der Waals surface area contributed by atoms with E-state index in [0.29, 0.717) is 27.7 Å². The number of aromatic nitrogens is 3. The molecule has 4 rings (SSSR count). The number of nitro groups is 1. The number of aryl methyl sites for hydroxylation is 1. The average Bonchev–Trinajstić information content (AvgIpc) is 3.00. The summed E-state index contributed by atoms with van der Waals surface area (Å²) in [6.07, 6.45) is -0.861. The van der Waals surface area contributed by atoms with Crippen molar-refractivity contribution in [3.8, 4) is 0 Å². The van der Waals surface area contributed by atoms with Crippen molar-refractivity contribution < 1.29 is 10.0 Å². The number of benzene rings is 2. The van der Waals surface area contributed by atoms with Crippen molar-refractivity contribution in [3.63, 3.8) is 0 Å². The molecule has 2 aromatic heterocycles. The van der Waals surface area contributed by atoms with Crippen LogP contribution in [0.4, 0.5) is 11.5 Å². The number of non-ortho nitro benzene ring substituents is 1. The summed E-state index contributed by atoms with van der Waals surface area (Å²) in [5, 5.41) is 30.1. The molecule has 0 aliphatic carbocycles. The molecule has 0 radical (unpaired) electrons. The van der Waals surface area contributed by atoms with Crippen LogP contribution in [-0.4, -0.2) is 31.2 Å². The molecular weight excluding hydrogens is 382 g/mol. The zero-order chi connectivity index (χ0) is 19.8. The van der Waals surface area contributed by atoms with Gasteiger partial charge in [0.15, 0.2) is 5.65 Å². The number of fused-ring (bicyclic) bond motifs is 3. The minimum absolute atomic E-state index is 0.0206. The smallest absolute Gasteiger partial charge is 0.269 e. The van der Waals surface area contributed by atoms with Crippen molar-refractivity contribution >= 4 is 39.7 Å². The lowest BCUT2D eigenvalue weighted by atomic mass is 10.1. The second-order valence-corrected chi connectivity index (χ2v) is 6.74. The number of hydrogen-bond donors (Lipinski definition) is 2. The van der Waals surface area contributed by atoms with Gasteiger partial charge < -0.3 is 10.4 Å². The third kappa shape index (κ3) is 3.12. The molecule has 1 atom stereocenters. The van der Waals surface area contributed by atoms with Crippen molar-refractivity contribution in [2.24, 2.45) is 0 Å². The van der Waals surface area contributed by atoms with Crippen LogP contribution in [0.2, 0.25) is 5.02 Å². The summed E-state index contributed by atoms with van der Waals surface area (Å²) in [5.74, 6) is 0.575. The molecule has 4 aromatic rings. The van der Waals surface area contributed by atoms with Gasteiger partial charge in [-0.05, 0) is 36.8 Å². The molecule has 0 unspecified atom stereocenters. The van der Waals surface area contributed by atoms with Gasteiger partial charge in [-0.15, -0.1) is 0 Å². The van der Waals surface area contributed by atoms with Gasteiger partial charge >= 0.3 is 0 Å². The first-order chi connectivity index (χ1) is 13.5. The lowest BCUT2D eigenvalue weighted by molar-refractivity contribution is -0.384. The largest absolute Gasteiger partial charge is 0.387 e. The summed E-state index contributed by atoms with van der Waals surface area (Å²) < 4.78 is 1.70. The molecule has 142 valence electrons. The summed E-state index contributed by atoms with van der Waals surface area (Å²) in [7, 11) is 0. The van der Waals surface area contributed by atoms with Crippen molar-refractivity contribution in [1.29, 1.82) is 0 Å². The van der Waals surface area contributed by atoms with E-state index in [9.17, 15) is 15.2 Å². The molecule has 28 heavy (non-hydrogen) atoms. The van der Waals surface area contributed by atoms with E-state index in [1.807, 2.05) is 31.2 Å². The van der Waals surface area contributed by atoms with E-state index in [4.69, 9.17) is 11.6 Å². The highest BCUT2D eigenvalue weighted by molar-refractivity contribution is 6.34. The van der Waals surface area contributed by atoms with Gasteiger partial charge in [0.05, 0.1) is 22.2 Å².